The van der Waals surface area contributed by atoms with Crippen molar-refractivity contribution in [2.75, 3.05) is 39.4 Å². The lowest BCUT2D eigenvalue weighted by Crippen LogP contribution is -2.46. The molecular weight excluding hydrogens is 487 g/mol. The number of guanidine groups is 1. The molecule has 2 saturated heterocycles. The first kappa shape index (κ1) is 23.8. The fourth-order valence-corrected chi connectivity index (χ4v) is 5.34. The van der Waals surface area contributed by atoms with Gasteiger partial charge in [0.05, 0.1) is 6.54 Å². The Morgan fingerprint density at radius 2 is 1.87 bits per heavy atom. The number of hydrogen-bond acceptors (Lipinski definition) is 3. The molecule has 6 heteroatoms. The molecule has 1 atom stereocenters. The second kappa shape index (κ2) is 11.7. The fraction of sp³-hybridized carbons (Fsp3) is 0.708. The molecule has 0 aromatic heterocycles. The normalized spacial score (nSPS) is 25.1. The molecule has 30 heavy (non-hydrogen) atoms. The van der Waals surface area contributed by atoms with Crippen molar-refractivity contribution in [1.29, 1.82) is 0 Å². The highest BCUT2D eigenvalue weighted by Crippen LogP contribution is 2.35. The highest BCUT2D eigenvalue weighted by molar-refractivity contribution is 14.0. The average Bonchev–Trinajstić information content (AvgIpc) is 3.46. The lowest BCUT2D eigenvalue weighted by atomic mass is 9.74. The van der Waals surface area contributed by atoms with Crippen molar-refractivity contribution in [1.82, 2.24) is 15.5 Å². The van der Waals surface area contributed by atoms with Gasteiger partial charge in [-0.1, -0.05) is 43.2 Å². The average molecular weight is 527 g/mol. The van der Waals surface area contributed by atoms with Crippen LogP contribution in [0.25, 0.3) is 0 Å². The Labute approximate surface area is 199 Å². The van der Waals surface area contributed by atoms with E-state index in [1.165, 1.54) is 44.2 Å². The second-order valence-corrected chi connectivity index (χ2v) is 9.02. The van der Waals surface area contributed by atoms with Crippen molar-refractivity contribution in [3.63, 3.8) is 0 Å². The Bertz CT molecular complexity index is 656. The van der Waals surface area contributed by atoms with E-state index in [9.17, 15) is 0 Å². The Balaban J connectivity index is 0.00000256. The third-order valence-corrected chi connectivity index (χ3v) is 7.12. The first-order valence-electron chi connectivity index (χ1n) is 11.7. The van der Waals surface area contributed by atoms with Crippen LogP contribution >= 0.6 is 24.0 Å². The van der Waals surface area contributed by atoms with E-state index in [0.717, 1.165) is 57.7 Å². The molecule has 1 saturated carbocycles. The van der Waals surface area contributed by atoms with Crippen molar-refractivity contribution >= 4 is 29.9 Å². The largest absolute Gasteiger partial charge is 0.381 e. The number of nitrogens with one attached hydrogen (secondary N) is 2. The standard InChI is InChI=1S/C24H38N4O.HI/c1-2-25-23(27-21-12-15-28(18-21)22-10-6-7-11-22)26-19-24(13-16-29-17-14-24)20-8-4-3-5-9-20;/h3-5,8-9,21-22H,2,6-7,10-19H2,1H3,(H2,25,26,27);1H. The summed E-state index contributed by atoms with van der Waals surface area (Å²) >= 11 is 0. The second-order valence-electron chi connectivity index (χ2n) is 9.02. The molecule has 3 aliphatic rings. The van der Waals surface area contributed by atoms with Crippen LogP contribution in [0.15, 0.2) is 35.3 Å². The minimum atomic E-state index is 0. The fourth-order valence-electron chi connectivity index (χ4n) is 5.34. The van der Waals surface area contributed by atoms with Gasteiger partial charge < -0.3 is 15.4 Å². The molecule has 0 radical (unpaired) electrons. The van der Waals surface area contributed by atoms with Gasteiger partial charge in [-0.05, 0) is 44.6 Å². The maximum Gasteiger partial charge on any atom is 0.191 e. The first-order valence-corrected chi connectivity index (χ1v) is 11.7. The van der Waals surface area contributed by atoms with Gasteiger partial charge in [0.15, 0.2) is 5.96 Å². The first-order chi connectivity index (χ1) is 14.3. The Hall–Kier alpha value is -0.860. The number of aliphatic imine (C=N–C) groups is 1. The van der Waals surface area contributed by atoms with Crippen LogP contribution in [-0.4, -0.2) is 62.3 Å². The summed E-state index contributed by atoms with van der Waals surface area (Å²) in [5.74, 6) is 0.979. The van der Waals surface area contributed by atoms with Gasteiger partial charge >= 0.3 is 0 Å². The van der Waals surface area contributed by atoms with Crippen LogP contribution in [0, 0.1) is 0 Å². The molecule has 1 aromatic rings. The Morgan fingerprint density at radius 1 is 1.13 bits per heavy atom. The summed E-state index contributed by atoms with van der Waals surface area (Å²) in [7, 11) is 0. The van der Waals surface area contributed by atoms with Crippen molar-refractivity contribution < 1.29 is 4.74 Å². The van der Waals surface area contributed by atoms with Crippen LogP contribution in [0.5, 0.6) is 0 Å². The van der Waals surface area contributed by atoms with E-state index in [1.807, 2.05) is 0 Å². The van der Waals surface area contributed by atoms with Gasteiger partial charge in [0.1, 0.15) is 0 Å². The molecule has 1 unspecified atom stereocenters. The molecule has 0 spiro atoms. The summed E-state index contributed by atoms with van der Waals surface area (Å²) in [6.07, 6.45) is 8.91. The van der Waals surface area contributed by atoms with E-state index in [2.05, 4.69) is 52.8 Å². The maximum absolute atomic E-state index is 5.68. The number of ether oxygens (including phenoxy) is 1. The Morgan fingerprint density at radius 3 is 2.57 bits per heavy atom. The molecule has 3 fully saturated rings. The summed E-state index contributed by atoms with van der Waals surface area (Å²) in [5, 5.41) is 7.24. The zero-order valence-electron chi connectivity index (χ0n) is 18.4. The molecule has 1 aromatic carbocycles. The minimum Gasteiger partial charge on any atom is -0.381 e. The van der Waals surface area contributed by atoms with Gasteiger partial charge in [-0.3, -0.25) is 9.89 Å². The van der Waals surface area contributed by atoms with E-state index in [4.69, 9.17) is 9.73 Å². The SMILES string of the molecule is CCNC(=NCC1(c2ccccc2)CCOCC1)NC1CCN(C2CCCC2)C1.I. The van der Waals surface area contributed by atoms with Crippen molar-refractivity contribution in [3.05, 3.63) is 35.9 Å². The predicted molar refractivity (Wildman–Crippen MR) is 135 cm³/mol. The van der Waals surface area contributed by atoms with Crippen LogP contribution in [0.3, 0.4) is 0 Å². The highest BCUT2D eigenvalue weighted by atomic mass is 127. The summed E-state index contributed by atoms with van der Waals surface area (Å²) in [6, 6.07) is 12.3. The Kier molecular flexibility index (Phi) is 9.26. The number of nitrogens with zero attached hydrogens (tertiary/aromatic N) is 2. The molecule has 2 heterocycles. The van der Waals surface area contributed by atoms with Gasteiger partial charge in [0.2, 0.25) is 0 Å². The lowest BCUT2D eigenvalue weighted by Gasteiger charge is -2.36. The van der Waals surface area contributed by atoms with Gasteiger partial charge in [0, 0.05) is 50.3 Å². The minimum absolute atomic E-state index is 0. The van der Waals surface area contributed by atoms with Crippen LogP contribution in [0.2, 0.25) is 0 Å². The highest BCUT2D eigenvalue weighted by Gasteiger charge is 2.35. The number of likely N-dealkylation sites (tertiary alicyclic amines) is 1. The quantitative estimate of drug-likeness (QED) is 0.335. The zero-order chi connectivity index (χ0) is 19.9. The van der Waals surface area contributed by atoms with Gasteiger partial charge in [-0.15, -0.1) is 24.0 Å². The van der Waals surface area contributed by atoms with E-state index in [-0.39, 0.29) is 29.4 Å². The van der Waals surface area contributed by atoms with Crippen molar-refractivity contribution in [3.8, 4) is 0 Å². The van der Waals surface area contributed by atoms with Gasteiger partial charge in [-0.2, -0.15) is 0 Å². The number of hydrogen-bond donors (Lipinski definition) is 2. The van der Waals surface area contributed by atoms with Crippen LogP contribution in [-0.2, 0) is 10.2 Å². The van der Waals surface area contributed by atoms with E-state index >= 15 is 0 Å². The topological polar surface area (TPSA) is 48.9 Å². The lowest BCUT2D eigenvalue weighted by molar-refractivity contribution is 0.0531. The van der Waals surface area contributed by atoms with Crippen molar-refractivity contribution in [2.45, 2.75) is 69.4 Å². The van der Waals surface area contributed by atoms with E-state index in [0.29, 0.717) is 6.04 Å². The molecule has 0 amide bonds. The molecule has 2 aliphatic heterocycles. The van der Waals surface area contributed by atoms with Crippen molar-refractivity contribution in [2.24, 2.45) is 4.99 Å². The molecule has 168 valence electrons. The van der Waals surface area contributed by atoms with E-state index < -0.39 is 0 Å². The molecule has 5 nitrogen and oxygen atoms in total. The number of halogens is 1. The monoisotopic (exact) mass is 526 g/mol. The number of benzene rings is 1. The molecule has 4 rings (SSSR count). The van der Waals surface area contributed by atoms with Crippen LogP contribution < -0.4 is 10.6 Å². The molecule has 2 N–H and O–H groups in total. The smallest absolute Gasteiger partial charge is 0.191 e. The van der Waals surface area contributed by atoms with Gasteiger partial charge in [0.25, 0.3) is 0 Å². The maximum atomic E-state index is 5.68. The molecule has 1 aliphatic carbocycles. The summed E-state index contributed by atoms with van der Waals surface area (Å²) in [5.41, 5.74) is 1.49. The third kappa shape index (κ3) is 5.88. The summed E-state index contributed by atoms with van der Waals surface area (Å²) in [6.45, 7) is 7.90. The van der Waals surface area contributed by atoms with Gasteiger partial charge in [-0.25, -0.2) is 0 Å². The molecule has 0 bridgehead atoms. The van der Waals surface area contributed by atoms with Crippen LogP contribution in [0.4, 0.5) is 0 Å². The third-order valence-electron chi connectivity index (χ3n) is 7.12. The molecular formula is C24H39IN4O. The zero-order valence-corrected chi connectivity index (χ0v) is 20.8. The summed E-state index contributed by atoms with van der Waals surface area (Å²) in [4.78, 5) is 7.80. The predicted octanol–water partition coefficient (Wildman–Crippen LogP) is 3.92. The van der Waals surface area contributed by atoms with Crippen LogP contribution in [0.1, 0.15) is 57.4 Å². The summed E-state index contributed by atoms with van der Waals surface area (Å²) < 4.78 is 5.68. The number of rotatable bonds is 6. The van der Waals surface area contributed by atoms with E-state index in [1.54, 1.807) is 0 Å².